The van der Waals surface area contributed by atoms with Crippen molar-refractivity contribution in [1.82, 2.24) is 5.32 Å². The maximum absolute atomic E-state index is 12.9. The van der Waals surface area contributed by atoms with Crippen molar-refractivity contribution in [2.75, 3.05) is 6.61 Å². The van der Waals surface area contributed by atoms with Crippen molar-refractivity contribution >= 4 is 19.5 Å². The molecule has 0 radical (unpaired) electrons. The summed E-state index contributed by atoms with van der Waals surface area (Å²) in [6.45, 7) is 7.69. The lowest BCUT2D eigenvalue weighted by molar-refractivity contribution is -0.121. The molecule has 0 aliphatic heterocycles. The Morgan fingerprint density at radius 3 is 2.50 bits per heavy atom. The van der Waals surface area contributed by atoms with Crippen molar-refractivity contribution < 1.29 is 23.5 Å². The number of aliphatic imine (C=N–C) groups is 1. The van der Waals surface area contributed by atoms with Gasteiger partial charge in [-0.1, -0.05) is 40.0 Å². The lowest BCUT2D eigenvalue weighted by Crippen LogP contribution is -2.53. The van der Waals surface area contributed by atoms with E-state index in [0.717, 1.165) is 32.1 Å². The van der Waals surface area contributed by atoms with Crippen LogP contribution in [0.3, 0.4) is 0 Å². The predicted molar refractivity (Wildman–Crippen MR) is 119 cm³/mol. The highest BCUT2D eigenvalue weighted by atomic mass is 31.2. The number of carbonyl (C=O) groups excluding carboxylic acids is 1. The van der Waals surface area contributed by atoms with E-state index in [1.54, 1.807) is 6.08 Å². The summed E-state index contributed by atoms with van der Waals surface area (Å²) in [5, 5.41) is 3.05. The summed E-state index contributed by atoms with van der Waals surface area (Å²) < 4.78 is 24.5. The lowest BCUT2D eigenvalue weighted by Gasteiger charge is -2.37. The number of rotatable bonds is 13. The molecule has 0 bridgehead atoms. The number of hydrogen-bond donors (Lipinski definition) is 4. The van der Waals surface area contributed by atoms with Gasteiger partial charge in [0.1, 0.15) is 0 Å². The Hall–Kier alpha value is -1.41. The molecule has 1 aliphatic carbocycles. The Morgan fingerprint density at radius 1 is 1.30 bits per heavy atom. The molecule has 1 rings (SSSR count). The van der Waals surface area contributed by atoms with Crippen LogP contribution in [0, 0.1) is 0 Å². The fraction of sp³-hybridized carbons (Fsp3) is 0.800. The van der Waals surface area contributed by atoms with Gasteiger partial charge in [0.2, 0.25) is 5.91 Å². The molecule has 1 unspecified atom stereocenters. The summed E-state index contributed by atoms with van der Waals surface area (Å²) in [5.74, 6) is -0.420. The van der Waals surface area contributed by atoms with Crippen LogP contribution in [0.25, 0.3) is 0 Å². The van der Waals surface area contributed by atoms with E-state index in [-0.39, 0.29) is 36.3 Å². The van der Waals surface area contributed by atoms with E-state index < -0.39 is 25.8 Å². The number of nitrogens with zero attached hydrogens (tertiary/aromatic N) is 1. The molecule has 0 aromatic rings. The summed E-state index contributed by atoms with van der Waals surface area (Å²) in [5.41, 5.74) is 11.2. The van der Waals surface area contributed by atoms with Crippen LogP contribution < -0.4 is 16.8 Å². The number of amides is 1. The summed E-state index contributed by atoms with van der Waals surface area (Å²) in [6.07, 6.45) is 6.28. The van der Waals surface area contributed by atoms with Crippen molar-refractivity contribution in [2.24, 2.45) is 16.5 Å². The first kappa shape index (κ1) is 26.6. The quantitative estimate of drug-likeness (QED) is 0.147. The van der Waals surface area contributed by atoms with Crippen molar-refractivity contribution in [1.29, 1.82) is 0 Å². The molecule has 0 aromatic carbocycles. The molecule has 0 saturated heterocycles. The first-order chi connectivity index (χ1) is 14.1. The number of ether oxygens (including phenoxy) is 1. The molecule has 0 heterocycles. The van der Waals surface area contributed by atoms with Crippen LogP contribution in [-0.2, 0) is 18.6 Å². The maximum atomic E-state index is 12.9. The maximum Gasteiger partial charge on any atom is 0.354 e. The van der Waals surface area contributed by atoms with Gasteiger partial charge in [-0.25, -0.2) is 4.99 Å². The van der Waals surface area contributed by atoms with E-state index >= 15 is 0 Å². The average molecular weight is 447 g/mol. The third kappa shape index (κ3) is 8.76. The Bertz CT molecular complexity index is 647. The van der Waals surface area contributed by atoms with Gasteiger partial charge in [-0.05, 0) is 25.3 Å². The van der Waals surface area contributed by atoms with Gasteiger partial charge in [-0.2, -0.15) is 0 Å². The number of carbonyl (C=O) groups is 1. The second-order valence-electron chi connectivity index (χ2n) is 7.66. The minimum Gasteiger partial charge on any atom is -0.370 e. The fourth-order valence-corrected chi connectivity index (χ4v) is 4.78. The monoisotopic (exact) mass is 446 g/mol. The Morgan fingerprint density at radius 2 is 1.97 bits per heavy atom. The van der Waals surface area contributed by atoms with Crippen LogP contribution in [0.2, 0.25) is 0 Å². The molecule has 1 amide bonds. The molecule has 0 saturated carbocycles. The molecule has 9 nitrogen and oxygen atoms in total. The largest absolute Gasteiger partial charge is 0.370 e. The van der Waals surface area contributed by atoms with Gasteiger partial charge in [0.25, 0.3) is 0 Å². The van der Waals surface area contributed by atoms with E-state index in [9.17, 15) is 14.3 Å². The van der Waals surface area contributed by atoms with Crippen molar-refractivity contribution in [3.8, 4) is 0 Å². The SMILES string of the molecule is CCCCCCOP(=O)(O)C1=C[C@@H](OC(CC)CC)[C@H](NC(C)=O)[C@@H](N=C(N)N)C1. The van der Waals surface area contributed by atoms with Crippen LogP contribution >= 0.6 is 7.60 Å². The highest BCUT2D eigenvalue weighted by molar-refractivity contribution is 7.57. The lowest BCUT2D eigenvalue weighted by atomic mass is 9.93. The standard InChI is InChI=1S/C20H39N4O5P/c1-5-8-9-10-11-28-30(26,27)16-12-17(24-20(21)22)19(23-14(4)25)18(13-16)29-15(6-2)7-3/h13,15,17-19H,5-12H2,1-4H3,(H,23,25)(H,26,27)(H4,21,22,24)/t17-,18+,19+/m0/s1. The highest BCUT2D eigenvalue weighted by Gasteiger charge is 2.41. The Kier molecular flexibility index (Phi) is 11.6. The van der Waals surface area contributed by atoms with E-state index in [4.69, 9.17) is 20.7 Å². The number of nitrogens with two attached hydrogens (primary N) is 2. The molecule has 30 heavy (non-hydrogen) atoms. The van der Waals surface area contributed by atoms with Gasteiger partial charge in [0.15, 0.2) is 5.96 Å². The predicted octanol–water partition coefficient (Wildman–Crippen LogP) is 2.78. The molecule has 4 atom stereocenters. The molecule has 0 aromatic heterocycles. The van der Waals surface area contributed by atoms with Crippen LogP contribution in [0.1, 0.15) is 72.6 Å². The van der Waals surface area contributed by atoms with E-state index in [0.29, 0.717) is 6.42 Å². The third-order valence-corrected chi connectivity index (χ3v) is 6.71. The minimum atomic E-state index is -4.04. The number of hydrogen-bond acceptors (Lipinski definition) is 5. The zero-order chi connectivity index (χ0) is 22.7. The molecule has 0 spiro atoms. The third-order valence-electron chi connectivity index (χ3n) is 5.12. The van der Waals surface area contributed by atoms with Crippen LogP contribution in [0.15, 0.2) is 16.4 Å². The number of guanidine groups is 1. The van der Waals surface area contributed by atoms with E-state index in [1.807, 2.05) is 13.8 Å². The van der Waals surface area contributed by atoms with Gasteiger partial charge in [0.05, 0.1) is 30.9 Å². The summed E-state index contributed by atoms with van der Waals surface area (Å²) in [4.78, 5) is 26.6. The topological polar surface area (TPSA) is 149 Å². The second-order valence-corrected chi connectivity index (χ2v) is 9.54. The van der Waals surface area contributed by atoms with Gasteiger partial charge in [0, 0.05) is 18.7 Å². The zero-order valence-electron chi connectivity index (χ0n) is 18.7. The van der Waals surface area contributed by atoms with Crippen molar-refractivity contribution in [3.05, 3.63) is 11.4 Å². The molecule has 0 fully saturated rings. The average Bonchev–Trinajstić information content (AvgIpc) is 2.66. The van der Waals surface area contributed by atoms with Crippen molar-refractivity contribution in [2.45, 2.75) is 96.9 Å². The molecular formula is C20H39N4O5P. The second kappa shape index (κ2) is 13.1. The van der Waals surface area contributed by atoms with E-state index in [2.05, 4.69) is 17.2 Å². The Labute approximate surface area is 180 Å². The summed E-state index contributed by atoms with van der Waals surface area (Å²) >= 11 is 0. The molecule has 6 N–H and O–H groups in total. The van der Waals surface area contributed by atoms with Gasteiger partial charge < -0.3 is 30.9 Å². The first-order valence-electron chi connectivity index (χ1n) is 10.8. The summed E-state index contributed by atoms with van der Waals surface area (Å²) in [6, 6.07) is -1.19. The molecule has 174 valence electrons. The van der Waals surface area contributed by atoms with Gasteiger partial charge in [-0.15, -0.1) is 0 Å². The molecule has 10 heteroatoms. The minimum absolute atomic E-state index is 0.0743. The number of nitrogens with one attached hydrogen (secondary N) is 1. The first-order valence-corrected chi connectivity index (χ1v) is 12.4. The molecular weight excluding hydrogens is 407 g/mol. The normalized spacial score (nSPS) is 23.5. The zero-order valence-corrected chi connectivity index (χ0v) is 19.6. The molecule has 1 aliphatic rings. The fourth-order valence-electron chi connectivity index (χ4n) is 3.49. The van der Waals surface area contributed by atoms with Crippen molar-refractivity contribution in [3.63, 3.8) is 0 Å². The van der Waals surface area contributed by atoms with Gasteiger partial charge >= 0.3 is 7.60 Å². The smallest absolute Gasteiger partial charge is 0.354 e. The van der Waals surface area contributed by atoms with Crippen LogP contribution in [-0.4, -0.2) is 47.7 Å². The number of unbranched alkanes of at least 4 members (excludes halogenated alkanes) is 3. The Balaban J connectivity index is 3.16. The summed E-state index contributed by atoms with van der Waals surface area (Å²) in [7, 11) is -4.04. The van der Waals surface area contributed by atoms with Crippen LogP contribution in [0.5, 0.6) is 0 Å². The van der Waals surface area contributed by atoms with E-state index in [1.165, 1.54) is 6.92 Å². The highest BCUT2D eigenvalue weighted by Crippen LogP contribution is 2.54. The van der Waals surface area contributed by atoms with Crippen LogP contribution in [0.4, 0.5) is 0 Å². The van der Waals surface area contributed by atoms with Gasteiger partial charge in [-0.3, -0.25) is 9.36 Å².